The van der Waals surface area contributed by atoms with Gasteiger partial charge in [-0.3, -0.25) is 4.72 Å². The Morgan fingerprint density at radius 3 is 2.29 bits per heavy atom. The van der Waals surface area contributed by atoms with Crippen LogP contribution in [0.2, 0.25) is 0 Å². The van der Waals surface area contributed by atoms with Crippen molar-refractivity contribution >= 4 is 33.2 Å². The summed E-state index contributed by atoms with van der Waals surface area (Å²) in [5.41, 5.74) is 4.62. The molecule has 112 valence electrons. The van der Waals surface area contributed by atoms with Crippen LogP contribution in [0.4, 0.5) is 20.2 Å². The number of nitrogen functional groups attached to an aromatic ring is 1. The van der Waals surface area contributed by atoms with Crippen LogP contribution >= 0.6 is 11.8 Å². The molecule has 0 aliphatic carbocycles. The molecule has 0 fully saturated rings. The molecular formula is C13H12F2N2O2S2. The first-order chi connectivity index (χ1) is 9.85. The molecule has 0 radical (unpaired) electrons. The van der Waals surface area contributed by atoms with Crippen LogP contribution in [0.5, 0.6) is 0 Å². The van der Waals surface area contributed by atoms with Crippen LogP contribution in [-0.2, 0) is 10.0 Å². The summed E-state index contributed by atoms with van der Waals surface area (Å²) >= 11 is 1.50. The Hall–Kier alpha value is -1.80. The van der Waals surface area contributed by atoms with Crippen molar-refractivity contribution < 1.29 is 17.2 Å². The van der Waals surface area contributed by atoms with Gasteiger partial charge in [0.2, 0.25) is 0 Å². The summed E-state index contributed by atoms with van der Waals surface area (Å²) < 4.78 is 53.3. The predicted molar refractivity (Wildman–Crippen MR) is 79.8 cm³/mol. The lowest BCUT2D eigenvalue weighted by molar-refractivity contribution is 0.557. The highest BCUT2D eigenvalue weighted by atomic mass is 32.2. The molecule has 0 heterocycles. The second kappa shape index (κ2) is 5.90. The Labute approximate surface area is 125 Å². The molecule has 0 atom stereocenters. The summed E-state index contributed by atoms with van der Waals surface area (Å²) in [6.07, 6.45) is 1.88. The average molecular weight is 330 g/mol. The van der Waals surface area contributed by atoms with Crippen molar-refractivity contribution in [1.29, 1.82) is 0 Å². The van der Waals surface area contributed by atoms with Crippen molar-refractivity contribution in [3.05, 3.63) is 48.0 Å². The zero-order chi connectivity index (χ0) is 15.6. The first-order valence-electron chi connectivity index (χ1n) is 5.75. The van der Waals surface area contributed by atoms with E-state index in [-0.39, 0.29) is 5.69 Å². The standard InChI is InChI=1S/C13H12F2N2O2S2/c1-20-9-4-2-8(3-5-9)17-21(18,19)11-7-6-10(14)13(16)12(11)15/h2-7,17H,16H2,1H3. The van der Waals surface area contributed by atoms with Gasteiger partial charge >= 0.3 is 0 Å². The van der Waals surface area contributed by atoms with Crippen LogP contribution < -0.4 is 10.5 Å². The van der Waals surface area contributed by atoms with Crippen molar-refractivity contribution in [2.45, 2.75) is 9.79 Å². The first kappa shape index (κ1) is 15.6. The quantitative estimate of drug-likeness (QED) is 0.667. The van der Waals surface area contributed by atoms with Crippen LogP contribution in [0.25, 0.3) is 0 Å². The molecule has 0 amide bonds. The van der Waals surface area contributed by atoms with E-state index in [1.165, 1.54) is 11.8 Å². The lowest BCUT2D eigenvalue weighted by Crippen LogP contribution is -2.15. The number of anilines is 2. The van der Waals surface area contributed by atoms with Crippen molar-refractivity contribution in [1.82, 2.24) is 0 Å². The second-order valence-corrected chi connectivity index (χ2v) is 6.64. The van der Waals surface area contributed by atoms with Gasteiger partial charge in [0, 0.05) is 10.6 Å². The SMILES string of the molecule is CSc1ccc(NS(=O)(=O)c2ccc(F)c(N)c2F)cc1. The van der Waals surface area contributed by atoms with Gasteiger partial charge < -0.3 is 5.73 Å². The normalized spacial score (nSPS) is 11.4. The second-order valence-electron chi connectivity index (χ2n) is 4.11. The monoisotopic (exact) mass is 330 g/mol. The lowest BCUT2D eigenvalue weighted by Gasteiger charge is -2.10. The topological polar surface area (TPSA) is 72.2 Å². The Kier molecular flexibility index (Phi) is 4.38. The average Bonchev–Trinajstić information content (AvgIpc) is 2.45. The number of hydrogen-bond acceptors (Lipinski definition) is 4. The summed E-state index contributed by atoms with van der Waals surface area (Å²) in [6, 6.07) is 8.18. The maximum absolute atomic E-state index is 13.8. The fourth-order valence-electron chi connectivity index (χ4n) is 1.63. The summed E-state index contributed by atoms with van der Waals surface area (Å²) in [5, 5.41) is 0. The third kappa shape index (κ3) is 3.27. The van der Waals surface area contributed by atoms with Gasteiger partial charge in [-0.1, -0.05) is 0 Å². The number of rotatable bonds is 4. The molecular weight excluding hydrogens is 318 g/mol. The molecule has 3 N–H and O–H groups in total. The van der Waals surface area contributed by atoms with Crippen LogP contribution in [0.15, 0.2) is 46.2 Å². The Bertz CT molecular complexity index is 762. The van der Waals surface area contributed by atoms with Gasteiger partial charge in [0.05, 0.1) is 0 Å². The number of nitrogens with two attached hydrogens (primary N) is 1. The zero-order valence-electron chi connectivity index (χ0n) is 10.9. The highest BCUT2D eigenvalue weighted by Crippen LogP contribution is 2.25. The maximum atomic E-state index is 13.8. The summed E-state index contributed by atoms with van der Waals surface area (Å²) in [7, 11) is -4.18. The fourth-order valence-corrected chi connectivity index (χ4v) is 3.18. The smallest absolute Gasteiger partial charge is 0.264 e. The van der Waals surface area contributed by atoms with Crippen molar-refractivity contribution in [2.24, 2.45) is 0 Å². The number of sulfonamides is 1. The number of halogens is 2. The van der Waals surface area contributed by atoms with Crippen LogP contribution in [-0.4, -0.2) is 14.7 Å². The lowest BCUT2D eigenvalue weighted by atomic mass is 10.3. The molecule has 21 heavy (non-hydrogen) atoms. The molecule has 2 aromatic rings. The molecule has 0 saturated heterocycles. The van der Waals surface area contributed by atoms with E-state index in [1.807, 2.05) is 6.26 Å². The van der Waals surface area contributed by atoms with Crippen LogP contribution in [0.3, 0.4) is 0 Å². The first-order valence-corrected chi connectivity index (χ1v) is 8.46. The van der Waals surface area contributed by atoms with Gasteiger partial charge in [0.25, 0.3) is 10.0 Å². The van der Waals surface area contributed by atoms with E-state index in [0.717, 1.165) is 17.0 Å². The van der Waals surface area contributed by atoms with E-state index in [2.05, 4.69) is 4.72 Å². The third-order valence-corrected chi connectivity index (χ3v) is 4.87. The molecule has 0 saturated carbocycles. The van der Waals surface area contributed by atoms with Gasteiger partial charge in [0.15, 0.2) is 5.82 Å². The summed E-state index contributed by atoms with van der Waals surface area (Å²) in [4.78, 5) is 0.255. The number of benzene rings is 2. The number of hydrogen-bond donors (Lipinski definition) is 2. The van der Waals surface area contributed by atoms with Crippen molar-refractivity contribution in [2.75, 3.05) is 16.7 Å². The van der Waals surface area contributed by atoms with Gasteiger partial charge in [-0.2, -0.15) is 0 Å². The molecule has 0 aliphatic heterocycles. The maximum Gasteiger partial charge on any atom is 0.264 e. The van der Waals surface area contributed by atoms with E-state index in [1.54, 1.807) is 24.3 Å². The minimum atomic E-state index is -4.18. The van der Waals surface area contributed by atoms with Gasteiger partial charge in [0.1, 0.15) is 16.4 Å². The zero-order valence-corrected chi connectivity index (χ0v) is 12.6. The van der Waals surface area contributed by atoms with E-state index in [9.17, 15) is 17.2 Å². The third-order valence-electron chi connectivity index (χ3n) is 2.72. The van der Waals surface area contributed by atoms with Gasteiger partial charge in [-0.25, -0.2) is 17.2 Å². The summed E-state index contributed by atoms with van der Waals surface area (Å²) in [5.74, 6) is -2.31. The Morgan fingerprint density at radius 1 is 1.10 bits per heavy atom. The van der Waals surface area contributed by atoms with Crippen molar-refractivity contribution in [3.8, 4) is 0 Å². The van der Waals surface area contributed by atoms with Crippen LogP contribution in [0.1, 0.15) is 0 Å². The fraction of sp³-hybridized carbons (Fsp3) is 0.0769. The highest BCUT2D eigenvalue weighted by Gasteiger charge is 2.22. The number of thioether (sulfide) groups is 1. The van der Waals surface area contributed by atoms with Gasteiger partial charge in [-0.05, 0) is 42.7 Å². The molecule has 8 heteroatoms. The van der Waals surface area contributed by atoms with Crippen molar-refractivity contribution in [3.63, 3.8) is 0 Å². The predicted octanol–water partition coefficient (Wildman–Crippen LogP) is 3.07. The summed E-state index contributed by atoms with van der Waals surface area (Å²) in [6.45, 7) is 0. The molecule has 0 unspecified atom stereocenters. The Balaban J connectivity index is 2.36. The van der Waals surface area contributed by atoms with Crippen LogP contribution in [0, 0.1) is 11.6 Å². The minimum Gasteiger partial charge on any atom is -0.394 e. The molecule has 0 bridgehead atoms. The van der Waals surface area contributed by atoms with E-state index >= 15 is 0 Å². The van der Waals surface area contributed by atoms with E-state index in [4.69, 9.17) is 5.73 Å². The molecule has 4 nitrogen and oxygen atoms in total. The molecule has 2 aromatic carbocycles. The molecule has 2 rings (SSSR count). The van der Waals surface area contributed by atoms with E-state index < -0.39 is 32.2 Å². The minimum absolute atomic E-state index is 0.273. The number of nitrogens with one attached hydrogen (secondary N) is 1. The largest absolute Gasteiger partial charge is 0.394 e. The molecule has 0 aromatic heterocycles. The molecule has 0 spiro atoms. The van der Waals surface area contributed by atoms with E-state index in [0.29, 0.717) is 0 Å². The van der Waals surface area contributed by atoms with Gasteiger partial charge in [-0.15, -0.1) is 11.8 Å². The highest BCUT2D eigenvalue weighted by molar-refractivity contribution is 7.98. The molecule has 0 aliphatic rings. The Morgan fingerprint density at radius 2 is 1.71 bits per heavy atom.